The Balaban J connectivity index is 1.35. The van der Waals surface area contributed by atoms with Gasteiger partial charge in [-0.05, 0) is 104 Å². The van der Waals surface area contributed by atoms with Crippen LogP contribution in [-0.4, -0.2) is 30.9 Å². The quantitative estimate of drug-likeness (QED) is 0.472. The number of esters is 2. The molecule has 3 unspecified atom stereocenters. The van der Waals surface area contributed by atoms with E-state index in [0.29, 0.717) is 35.4 Å². The van der Waals surface area contributed by atoms with E-state index in [2.05, 4.69) is 20.8 Å². The van der Waals surface area contributed by atoms with Crippen molar-refractivity contribution in [2.24, 2.45) is 46.2 Å². The van der Waals surface area contributed by atoms with Gasteiger partial charge >= 0.3 is 11.9 Å². The second-order valence-corrected chi connectivity index (χ2v) is 12.8. The lowest BCUT2D eigenvalue weighted by molar-refractivity contribution is -0.141. The van der Waals surface area contributed by atoms with Crippen molar-refractivity contribution in [1.29, 1.82) is 0 Å². The Morgan fingerprint density at radius 3 is 2.53 bits per heavy atom. The van der Waals surface area contributed by atoms with Crippen LogP contribution in [0.15, 0.2) is 41.6 Å². The molecule has 4 aliphatic rings. The van der Waals surface area contributed by atoms with Crippen LogP contribution >= 0.6 is 0 Å². The van der Waals surface area contributed by atoms with Crippen molar-refractivity contribution < 1.29 is 23.9 Å². The Morgan fingerprint density at radius 2 is 1.82 bits per heavy atom. The molecule has 2 N–H and O–H groups in total. The maximum absolute atomic E-state index is 14.1. The molecule has 0 saturated heterocycles. The fourth-order valence-corrected chi connectivity index (χ4v) is 9.04. The maximum Gasteiger partial charge on any atom is 0.338 e. The summed E-state index contributed by atoms with van der Waals surface area (Å²) in [5.41, 5.74) is 8.53. The number of carbonyl (C=O) groups is 3. The largest absolute Gasteiger partial charge is 0.469 e. The molecular formula is C32H43NO5. The van der Waals surface area contributed by atoms with Crippen LogP contribution < -0.4 is 5.73 Å². The zero-order valence-electron chi connectivity index (χ0n) is 23.3. The molecule has 3 fully saturated rings. The summed E-state index contributed by atoms with van der Waals surface area (Å²) in [5, 5.41) is 0. The third kappa shape index (κ3) is 4.28. The van der Waals surface area contributed by atoms with Crippen LogP contribution in [0.1, 0.15) is 88.9 Å². The number of rotatable bonds is 6. The number of ketones is 1. The number of hydrogen-bond acceptors (Lipinski definition) is 6. The summed E-state index contributed by atoms with van der Waals surface area (Å²) >= 11 is 0. The van der Waals surface area contributed by atoms with Gasteiger partial charge in [0.1, 0.15) is 6.10 Å². The molecule has 1 aromatic carbocycles. The molecule has 0 amide bonds. The number of fused-ring (bicyclic) bond motifs is 5. The first kappa shape index (κ1) is 27.0. The van der Waals surface area contributed by atoms with Crippen molar-refractivity contribution in [3.05, 3.63) is 47.2 Å². The molecule has 206 valence electrons. The van der Waals surface area contributed by atoms with Crippen molar-refractivity contribution in [2.45, 2.75) is 84.7 Å². The van der Waals surface area contributed by atoms with Gasteiger partial charge in [-0.25, -0.2) is 4.79 Å². The van der Waals surface area contributed by atoms with Crippen molar-refractivity contribution in [3.63, 3.8) is 0 Å². The van der Waals surface area contributed by atoms with Crippen molar-refractivity contribution in [3.8, 4) is 0 Å². The van der Waals surface area contributed by atoms with E-state index in [9.17, 15) is 14.4 Å². The Kier molecular flexibility index (Phi) is 7.21. The van der Waals surface area contributed by atoms with Gasteiger partial charge in [0.25, 0.3) is 0 Å². The van der Waals surface area contributed by atoms with Crippen molar-refractivity contribution in [2.75, 3.05) is 7.11 Å². The summed E-state index contributed by atoms with van der Waals surface area (Å²) in [5.74, 6) is 1.14. The first-order chi connectivity index (χ1) is 18.1. The second kappa shape index (κ2) is 10.2. The van der Waals surface area contributed by atoms with Crippen LogP contribution in [0.4, 0.5) is 0 Å². The molecule has 0 aliphatic heterocycles. The van der Waals surface area contributed by atoms with E-state index < -0.39 is 5.41 Å². The molecule has 1 aromatic rings. The Labute approximate surface area is 226 Å². The lowest BCUT2D eigenvalue weighted by atomic mass is 9.47. The molecule has 6 nitrogen and oxygen atoms in total. The molecule has 0 bridgehead atoms. The fraction of sp³-hybridized carbons (Fsp3) is 0.656. The van der Waals surface area contributed by atoms with Crippen LogP contribution in [0, 0.1) is 40.4 Å². The zero-order chi connectivity index (χ0) is 27.2. The highest BCUT2D eigenvalue weighted by Gasteiger charge is 2.63. The second-order valence-electron chi connectivity index (χ2n) is 12.8. The average molecular weight is 522 g/mol. The van der Waals surface area contributed by atoms with Gasteiger partial charge in [-0.1, -0.05) is 39.0 Å². The molecule has 3 saturated carbocycles. The Bertz CT molecular complexity index is 1130. The minimum Gasteiger partial charge on any atom is -0.469 e. The van der Waals surface area contributed by atoms with Crippen molar-refractivity contribution >= 4 is 17.7 Å². The zero-order valence-corrected chi connectivity index (χ0v) is 23.3. The predicted octanol–water partition coefficient (Wildman–Crippen LogP) is 5.85. The third-order valence-electron chi connectivity index (χ3n) is 11.1. The number of allylic oxidation sites excluding steroid dienone is 2. The maximum atomic E-state index is 14.1. The van der Waals surface area contributed by atoms with Gasteiger partial charge in [0.05, 0.1) is 18.4 Å². The molecule has 0 radical (unpaired) electrons. The van der Waals surface area contributed by atoms with E-state index in [1.165, 1.54) is 12.7 Å². The number of benzene rings is 1. The van der Waals surface area contributed by atoms with E-state index >= 15 is 0 Å². The number of Topliss-reactive ketones (excluding diaryl/α,β-unsaturated/α-hetero) is 1. The minimum atomic E-state index is -0.473. The standard InChI is InChI=1S/C32H43NO5/c1-19(10-15-26(34)37-4)24-13-14-25-23-12-11-21-18-22(38-30(36)20-8-6-5-7-9-20)16-17-31(21,2)27(23)28(33)29(35)32(24,25)3/h5-9,19,21-25H,10-18,33H2,1-4H3/t19?,21-,22-,23?,24-,25?,31+,32-/m1/s1. The molecule has 0 heterocycles. The highest BCUT2D eigenvalue weighted by molar-refractivity contribution is 6.01. The van der Waals surface area contributed by atoms with E-state index in [4.69, 9.17) is 15.2 Å². The van der Waals surface area contributed by atoms with Gasteiger partial charge in [-0.3, -0.25) is 9.59 Å². The highest BCUT2D eigenvalue weighted by Crippen LogP contribution is 2.66. The lowest BCUT2D eigenvalue weighted by Crippen LogP contribution is -2.55. The molecule has 4 aliphatic carbocycles. The lowest BCUT2D eigenvalue weighted by Gasteiger charge is -2.57. The first-order valence-corrected chi connectivity index (χ1v) is 14.5. The fourth-order valence-electron chi connectivity index (χ4n) is 9.04. The summed E-state index contributed by atoms with van der Waals surface area (Å²) in [6.07, 6.45) is 7.66. The summed E-state index contributed by atoms with van der Waals surface area (Å²) in [6.45, 7) is 6.65. The molecule has 0 aromatic heterocycles. The molecule has 0 spiro atoms. The van der Waals surface area contributed by atoms with Crippen LogP contribution in [-0.2, 0) is 19.1 Å². The van der Waals surface area contributed by atoms with Crippen LogP contribution in [0.2, 0.25) is 0 Å². The molecule has 8 atom stereocenters. The normalized spacial score (nSPS) is 37.1. The summed E-state index contributed by atoms with van der Waals surface area (Å²) in [7, 11) is 1.43. The number of ether oxygens (including phenoxy) is 2. The number of nitrogens with two attached hydrogens (primary N) is 1. The van der Waals surface area contributed by atoms with E-state index in [1.54, 1.807) is 12.1 Å². The van der Waals surface area contributed by atoms with Crippen molar-refractivity contribution in [1.82, 2.24) is 0 Å². The minimum absolute atomic E-state index is 0.102. The van der Waals surface area contributed by atoms with Crippen LogP contribution in [0.5, 0.6) is 0 Å². The van der Waals surface area contributed by atoms with E-state index in [-0.39, 0.29) is 41.1 Å². The summed E-state index contributed by atoms with van der Waals surface area (Å²) in [6, 6.07) is 9.19. The van der Waals surface area contributed by atoms with Gasteiger partial charge in [0, 0.05) is 11.8 Å². The van der Waals surface area contributed by atoms with Crippen LogP contribution in [0.3, 0.4) is 0 Å². The Morgan fingerprint density at radius 1 is 1.08 bits per heavy atom. The Hall–Kier alpha value is -2.63. The molecular weight excluding hydrogens is 478 g/mol. The first-order valence-electron chi connectivity index (χ1n) is 14.5. The summed E-state index contributed by atoms with van der Waals surface area (Å²) in [4.78, 5) is 38.6. The van der Waals surface area contributed by atoms with Crippen LogP contribution in [0.25, 0.3) is 0 Å². The number of hydrogen-bond donors (Lipinski definition) is 1. The predicted molar refractivity (Wildman–Crippen MR) is 145 cm³/mol. The van der Waals surface area contributed by atoms with Gasteiger partial charge in [-0.2, -0.15) is 0 Å². The number of carbonyl (C=O) groups excluding carboxylic acids is 3. The summed E-state index contributed by atoms with van der Waals surface area (Å²) < 4.78 is 10.8. The van der Waals surface area contributed by atoms with Gasteiger partial charge in [0.15, 0.2) is 5.78 Å². The average Bonchev–Trinajstić information content (AvgIpc) is 3.28. The van der Waals surface area contributed by atoms with E-state index in [0.717, 1.165) is 51.4 Å². The monoisotopic (exact) mass is 521 g/mol. The van der Waals surface area contributed by atoms with Gasteiger partial charge < -0.3 is 15.2 Å². The number of methoxy groups -OCH3 is 1. The highest BCUT2D eigenvalue weighted by atomic mass is 16.5. The van der Waals surface area contributed by atoms with Gasteiger partial charge in [-0.15, -0.1) is 0 Å². The smallest absolute Gasteiger partial charge is 0.338 e. The molecule has 5 rings (SSSR count). The van der Waals surface area contributed by atoms with Gasteiger partial charge in [0.2, 0.25) is 0 Å². The topological polar surface area (TPSA) is 95.7 Å². The van der Waals surface area contributed by atoms with E-state index in [1.807, 2.05) is 18.2 Å². The molecule has 6 heteroatoms. The third-order valence-corrected chi connectivity index (χ3v) is 11.1. The SMILES string of the molecule is COC(=O)CCC(C)[C@H]1CCC2C3CC[C@@H]4C[C@H](OC(=O)c5ccccc5)CC[C@]4(C)C3=C(N)C(=O)[C@@]21C. The molecule has 38 heavy (non-hydrogen) atoms.